The van der Waals surface area contributed by atoms with Crippen molar-refractivity contribution in [1.29, 1.82) is 0 Å². The quantitative estimate of drug-likeness (QED) is 0.637. The summed E-state index contributed by atoms with van der Waals surface area (Å²) in [7, 11) is 2.07. The molecule has 0 aliphatic carbocycles. The first-order valence-electron chi connectivity index (χ1n) is 7.59. The summed E-state index contributed by atoms with van der Waals surface area (Å²) in [6.07, 6.45) is 3.49. The molecule has 22 heavy (non-hydrogen) atoms. The molecule has 2 saturated heterocycles. The normalized spacial score (nSPS) is 20.3. The van der Waals surface area contributed by atoms with E-state index in [2.05, 4.69) is 27.3 Å². The second kappa shape index (κ2) is 6.41. The standard InChI is InChI=1S/C13H21N7O2/c1-17-6-8-19(9-7-17)16-12-11(20(21)22)13(15-10-14-12)18-4-2-3-5-18/h10H,2-9H2,1H3,(H,14,15,16). The topological polar surface area (TPSA) is 90.7 Å². The highest BCUT2D eigenvalue weighted by molar-refractivity contribution is 5.70. The highest BCUT2D eigenvalue weighted by Crippen LogP contribution is 2.33. The van der Waals surface area contributed by atoms with Crippen molar-refractivity contribution >= 4 is 17.3 Å². The van der Waals surface area contributed by atoms with Crippen LogP contribution < -0.4 is 10.3 Å². The lowest BCUT2D eigenvalue weighted by molar-refractivity contribution is -0.383. The summed E-state index contributed by atoms with van der Waals surface area (Å²) in [5, 5.41) is 13.5. The van der Waals surface area contributed by atoms with Crippen LogP contribution in [0.3, 0.4) is 0 Å². The van der Waals surface area contributed by atoms with E-state index in [9.17, 15) is 10.1 Å². The second-order valence-corrected chi connectivity index (χ2v) is 5.75. The molecule has 9 nitrogen and oxygen atoms in total. The molecule has 3 heterocycles. The minimum Gasteiger partial charge on any atom is -0.351 e. The van der Waals surface area contributed by atoms with Crippen LogP contribution in [0.2, 0.25) is 0 Å². The first-order chi connectivity index (χ1) is 10.6. The van der Waals surface area contributed by atoms with Crippen molar-refractivity contribution in [2.45, 2.75) is 12.8 Å². The number of nitro groups is 1. The predicted octanol–water partition coefficient (Wildman–Crippen LogP) is 0.559. The zero-order chi connectivity index (χ0) is 15.5. The number of aromatic nitrogens is 2. The molecule has 2 aliphatic rings. The zero-order valence-corrected chi connectivity index (χ0v) is 12.7. The smallest absolute Gasteiger partial charge is 0.351 e. The molecule has 1 aromatic heterocycles. The molecule has 0 amide bonds. The Morgan fingerprint density at radius 2 is 1.82 bits per heavy atom. The van der Waals surface area contributed by atoms with Gasteiger partial charge in [0.2, 0.25) is 11.6 Å². The Morgan fingerprint density at radius 1 is 1.14 bits per heavy atom. The molecule has 0 atom stereocenters. The summed E-state index contributed by atoms with van der Waals surface area (Å²) in [6.45, 7) is 5.07. The summed E-state index contributed by atoms with van der Waals surface area (Å²) >= 11 is 0. The minimum atomic E-state index is -0.383. The van der Waals surface area contributed by atoms with E-state index < -0.39 is 0 Å². The molecule has 9 heteroatoms. The minimum absolute atomic E-state index is 0.0247. The van der Waals surface area contributed by atoms with Crippen LogP contribution in [0.25, 0.3) is 0 Å². The fourth-order valence-electron chi connectivity index (χ4n) is 2.85. The summed E-state index contributed by atoms with van der Waals surface area (Å²) in [5.74, 6) is 0.709. The molecule has 120 valence electrons. The maximum Gasteiger partial charge on any atom is 0.354 e. The highest BCUT2D eigenvalue weighted by atomic mass is 16.6. The first kappa shape index (κ1) is 14.9. The lowest BCUT2D eigenvalue weighted by Crippen LogP contribution is -2.47. The van der Waals surface area contributed by atoms with Crippen LogP contribution >= 0.6 is 0 Å². The second-order valence-electron chi connectivity index (χ2n) is 5.75. The van der Waals surface area contributed by atoms with Gasteiger partial charge < -0.3 is 9.80 Å². The number of nitrogens with one attached hydrogen (secondary N) is 1. The van der Waals surface area contributed by atoms with Crippen molar-refractivity contribution in [1.82, 2.24) is 19.9 Å². The number of hydrogen-bond acceptors (Lipinski definition) is 8. The first-order valence-corrected chi connectivity index (χ1v) is 7.59. The lowest BCUT2D eigenvalue weighted by Gasteiger charge is -2.32. The molecule has 0 radical (unpaired) electrons. The molecular weight excluding hydrogens is 286 g/mol. The average Bonchev–Trinajstić information content (AvgIpc) is 3.03. The van der Waals surface area contributed by atoms with Crippen LogP contribution in [0, 0.1) is 10.1 Å². The van der Waals surface area contributed by atoms with Crippen molar-refractivity contribution in [3.8, 4) is 0 Å². The van der Waals surface area contributed by atoms with E-state index >= 15 is 0 Å². The molecule has 0 aromatic carbocycles. The van der Waals surface area contributed by atoms with Crippen LogP contribution in [0.5, 0.6) is 0 Å². The van der Waals surface area contributed by atoms with Gasteiger partial charge in [0, 0.05) is 39.3 Å². The molecular formula is C13H21N7O2. The number of hydrazine groups is 1. The van der Waals surface area contributed by atoms with Gasteiger partial charge in [-0.3, -0.25) is 15.5 Å². The van der Waals surface area contributed by atoms with Gasteiger partial charge in [0.05, 0.1) is 4.92 Å². The van der Waals surface area contributed by atoms with Crippen LogP contribution in [-0.4, -0.2) is 71.1 Å². The average molecular weight is 307 g/mol. The Labute approximate surface area is 129 Å². The van der Waals surface area contributed by atoms with Crippen LogP contribution in [0.15, 0.2) is 6.33 Å². The Balaban J connectivity index is 1.83. The third-order valence-corrected chi connectivity index (χ3v) is 4.16. The predicted molar refractivity (Wildman–Crippen MR) is 82.8 cm³/mol. The number of piperazine rings is 1. The van der Waals surface area contributed by atoms with Crippen LogP contribution in [0.1, 0.15) is 12.8 Å². The summed E-state index contributed by atoms with van der Waals surface area (Å²) in [6, 6.07) is 0. The third-order valence-electron chi connectivity index (χ3n) is 4.16. The van der Waals surface area contributed by atoms with Gasteiger partial charge in [-0.2, -0.15) is 0 Å². The largest absolute Gasteiger partial charge is 0.354 e. The monoisotopic (exact) mass is 307 g/mol. The maximum atomic E-state index is 11.5. The molecule has 3 rings (SSSR count). The van der Waals surface area contributed by atoms with Gasteiger partial charge in [0.25, 0.3) is 0 Å². The van der Waals surface area contributed by atoms with E-state index in [4.69, 9.17) is 0 Å². The zero-order valence-electron chi connectivity index (χ0n) is 12.7. The van der Waals surface area contributed by atoms with E-state index in [1.165, 1.54) is 6.33 Å². The van der Waals surface area contributed by atoms with E-state index in [1.807, 2.05) is 9.91 Å². The molecule has 1 aromatic rings. The molecule has 2 fully saturated rings. The third kappa shape index (κ3) is 3.09. The van der Waals surface area contributed by atoms with Crippen LogP contribution in [-0.2, 0) is 0 Å². The Morgan fingerprint density at radius 3 is 2.45 bits per heavy atom. The Kier molecular flexibility index (Phi) is 4.34. The number of nitrogens with zero attached hydrogens (tertiary/aromatic N) is 6. The fraction of sp³-hybridized carbons (Fsp3) is 0.692. The Hall–Kier alpha value is -2.00. The van der Waals surface area contributed by atoms with Gasteiger partial charge in [-0.15, -0.1) is 0 Å². The number of hydrogen-bond donors (Lipinski definition) is 1. The summed E-state index contributed by atoms with van der Waals surface area (Å²) in [4.78, 5) is 23.6. The number of anilines is 2. The molecule has 2 aliphatic heterocycles. The summed E-state index contributed by atoms with van der Waals surface area (Å²) in [5.41, 5.74) is 3.08. The Bertz CT molecular complexity index is 539. The lowest BCUT2D eigenvalue weighted by atomic mass is 10.3. The van der Waals surface area contributed by atoms with Crippen molar-refractivity contribution in [2.24, 2.45) is 0 Å². The van der Waals surface area contributed by atoms with Crippen molar-refractivity contribution < 1.29 is 4.92 Å². The van der Waals surface area contributed by atoms with E-state index in [0.29, 0.717) is 5.82 Å². The molecule has 0 bridgehead atoms. The molecule has 0 unspecified atom stereocenters. The van der Waals surface area contributed by atoms with Gasteiger partial charge in [-0.05, 0) is 19.9 Å². The van der Waals surface area contributed by atoms with E-state index in [1.54, 1.807) is 0 Å². The van der Waals surface area contributed by atoms with Crippen molar-refractivity contribution in [2.75, 3.05) is 56.6 Å². The van der Waals surface area contributed by atoms with Gasteiger partial charge >= 0.3 is 5.69 Å². The molecule has 1 N–H and O–H groups in total. The number of rotatable bonds is 4. The SMILES string of the molecule is CN1CCN(Nc2ncnc(N3CCCC3)c2[N+](=O)[O-])CC1. The summed E-state index contributed by atoms with van der Waals surface area (Å²) < 4.78 is 0. The van der Waals surface area contributed by atoms with Gasteiger partial charge in [-0.1, -0.05) is 0 Å². The van der Waals surface area contributed by atoms with E-state index in [0.717, 1.165) is 52.1 Å². The number of likely N-dealkylation sites (N-methyl/N-ethyl adjacent to an activating group) is 1. The highest BCUT2D eigenvalue weighted by Gasteiger charge is 2.29. The fourth-order valence-corrected chi connectivity index (χ4v) is 2.85. The maximum absolute atomic E-state index is 11.5. The van der Waals surface area contributed by atoms with Gasteiger partial charge in [-0.25, -0.2) is 15.0 Å². The molecule has 0 saturated carbocycles. The van der Waals surface area contributed by atoms with Gasteiger partial charge in [0.1, 0.15) is 6.33 Å². The van der Waals surface area contributed by atoms with E-state index in [-0.39, 0.29) is 16.4 Å². The van der Waals surface area contributed by atoms with Gasteiger partial charge in [0.15, 0.2) is 0 Å². The van der Waals surface area contributed by atoms with Crippen molar-refractivity contribution in [3.05, 3.63) is 16.4 Å². The van der Waals surface area contributed by atoms with Crippen LogP contribution in [0.4, 0.5) is 17.3 Å². The molecule has 0 spiro atoms. The van der Waals surface area contributed by atoms with Crippen molar-refractivity contribution in [3.63, 3.8) is 0 Å².